The predicted octanol–water partition coefficient (Wildman–Crippen LogP) is 3.16. The molecule has 1 aliphatic heterocycles. The molecular weight excluding hydrogens is 461 g/mol. The largest absolute Gasteiger partial charge is 0.356 e. The van der Waals surface area contributed by atoms with Gasteiger partial charge in [0.15, 0.2) is 5.96 Å². The Bertz CT molecular complexity index is 566. The van der Waals surface area contributed by atoms with Crippen LogP contribution in [0.15, 0.2) is 35.3 Å². The van der Waals surface area contributed by atoms with Crippen molar-refractivity contribution in [1.29, 1.82) is 0 Å². The van der Waals surface area contributed by atoms with Crippen molar-refractivity contribution in [3.63, 3.8) is 0 Å². The fourth-order valence-electron chi connectivity index (χ4n) is 3.91. The Labute approximate surface area is 189 Å². The summed E-state index contributed by atoms with van der Waals surface area (Å²) < 4.78 is 0. The lowest BCUT2D eigenvalue weighted by Crippen LogP contribution is -2.53. The van der Waals surface area contributed by atoms with E-state index in [0.717, 1.165) is 58.1 Å². The molecule has 1 aliphatic rings. The van der Waals surface area contributed by atoms with Gasteiger partial charge in [-0.3, -0.25) is 9.89 Å². The third kappa shape index (κ3) is 6.88. The van der Waals surface area contributed by atoms with Gasteiger partial charge in [-0.05, 0) is 32.4 Å². The van der Waals surface area contributed by atoms with E-state index in [-0.39, 0.29) is 29.4 Å². The number of hydrogen-bond acceptors (Lipinski definition) is 3. The highest BCUT2D eigenvalue weighted by molar-refractivity contribution is 14.0. The SMILES string of the molecule is CCC(CC)(CNC(=NC)NCC(C)N1CCN(C)CC1)c1ccccc1.I. The van der Waals surface area contributed by atoms with Crippen LogP contribution in [0.25, 0.3) is 0 Å². The maximum Gasteiger partial charge on any atom is 0.191 e. The van der Waals surface area contributed by atoms with E-state index in [0.29, 0.717) is 6.04 Å². The van der Waals surface area contributed by atoms with E-state index in [1.807, 2.05) is 7.05 Å². The summed E-state index contributed by atoms with van der Waals surface area (Å²) in [5.41, 5.74) is 1.55. The van der Waals surface area contributed by atoms with Gasteiger partial charge < -0.3 is 15.5 Å². The lowest BCUT2D eigenvalue weighted by Gasteiger charge is -2.37. The van der Waals surface area contributed by atoms with Gasteiger partial charge in [0, 0.05) is 57.8 Å². The van der Waals surface area contributed by atoms with E-state index < -0.39 is 0 Å². The van der Waals surface area contributed by atoms with Crippen molar-refractivity contribution in [3.05, 3.63) is 35.9 Å². The van der Waals surface area contributed by atoms with Crippen LogP contribution >= 0.6 is 24.0 Å². The van der Waals surface area contributed by atoms with Crippen molar-refractivity contribution in [3.8, 4) is 0 Å². The summed E-state index contributed by atoms with van der Waals surface area (Å²) in [4.78, 5) is 9.41. The Kier molecular flexibility index (Phi) is 11.4. The Morgan fingerprint density at radius 3 is 2.21 bits per heavy atom. The van der Waals surface area contributed by atoms with Gasteiger partial charge in [0.2, 0.25) is 0 Å². The lowest BCUT2D eigenvalue weighted by molar-refractivity contribution is 0.120. The topological polar surface area (TPSA) is 42.9 Å². The first-order valence-corrected chi connectivity index (χ1v) is 10.5. The molecule has 0 radical (unpaired) electrons. The molecule has 160 valence electrons. The number of nitrogens with one attached hydrogen (secondary N) is 2. The molecule has 0 saturated carbocycles. The monoisotopic (exact) mass is 501 g/mol. The molecule has 28 heavy (non-hydrogen) atoms. The maximum absolute atomic E-state index is 4.45. The van der Waals surface area contributed by atoms with Crippen molar-refractivity contribution in [2.75, 3.05) is 53.4 Å². The summed E-state index contributed by atoms with van der Waals surface area (Å²) in [5.74, 6) is 0.901. The first kappa shape index (κ1) is 25.2. The molecule has 0 aliphatic carbocycles. The Hall–Kier alpha value is -0.860. The molecule has 2 rings (SSSR count). The predicted molar refractivity (Wildman–Crippen MR) is 132 cm³/mol. The fraction of sp³-hybridized carbons (Fsp3) is 0.682. The zero-order valence-corrected chi connectivity index (χ0v) is 20.7. The second-order valence-corrected chi connectivity index (χ2v) is 7.85. The van der Waals surface area contributed by atoms with Crippen molar-refractivity contribution < 1.29 is 0 Å². The highest BCUT2D eigenvalue weighted by Gasteiger charge is 2.28. The highest BCUT2D eigenvalue weighted by atomic mass is 127. The van der Waals surface area contributed by atoms with E-state index in [1.54, 1.807) is 0 Å². The standard InChI is InChI=1S/C22H39N5.HI/c1-6-22(7-2,20-11-9-8-10-12-20)18-25-21(23-4)24-17-19(3)27-15-13-26(5)14-16-27;/h8-12,19H,6-7,13-18H2,1-5H3,(H2,23,24,25);1H. The first-order chi connectivity index (χ1) is 13.0. The molecule has 0 bridgehead atoms. The fourth-order valence-corrected chi connectivity index (χ4v) is 3.91. The van der Waals surface area contributed by atoms with Crippen LogP contribution in [0.2, 0.25) is 0 Å². The number of likely N-dealkylation sites (N-methyl/N-ethyl adjacent to an activating group) is 1. The van der Waals surface area contributed by atoms with E-state index in [2.05, 4.69) is 83.6 Å². The zero-order chi connectivity index (χ0) is 19.7. The minimum absolute atomic E-state index is 0. The molecule has 1 unspecified atom stereocenters. The van der Waals surface area contributed by atoms with Crippen molar-refractivity contribution >= 4 is 29.9 Å². The minimum atomic E-state index is 0. The van der Waals surface area contributed by atoms with Crippen LogP contribution in [-0.2, 0) is 5.41 Å². The van der Waals surface area contributed by atoms with Crippen LogP contribution in [0.5, 0.6) is 0 Å². The first-order valence-electron chi connectivity index (χ1n) is 10.5. The molecule has 6 heteroatoms. The van der Waals surface area contributed by atoms with Crippen LogP contribution in [0, 0.1) is 0 Å². The van der Waals surface area contributed by atoms with Crippen LogP contribution in [-0.4, -0.2) is 75.2 Å². The average molecular weight is 502 g/mol. The summed E-state index contributed by atoms with van der Waals surface area (Å²) in [6.07, 6.45) is 2.21. The van der Waals surface area contributed by atoms with Crippen LogP contribution in [0.3, 0.4) is 0 Å². The van der Waals surface area contributed by atoms with Gasteiger partial charge in [0.05, 0.1) is 0 Å². The van der Waals surface area contributed by atoms with Gasteiger partial charge in [0.1, 0.15) is 0 Å². The summed E-state index contributed by atoms with van der Waals surface area (Å²) in [5, 5.41) is 7.12. The van der Waals surface area contributed by atoms with E-state index in [4.69, 9.17) is 0 Å². The third-order valence-electron chi connectivity index (χ3n) is 6.28. The lowest BCUT2D eigenvalue weighted by atomic mass is 9.76. The second-order valence-electron chi connectivity index (χ2n) is 7.85. The molecule has 1 aromatic rings. The smallest absolute Gasteiger partial charge is 0.191 e. The second kappa shape index (κ2) is 12.6. The molecule has 1 heterocycles. The number of aliphatic imine (C=N–C) groups is 1. The van der Waals surface area contributed by atoms with Gasteiger partial charge in [-0.1, -0.05) is 44.2 Å². The molecule has 1 saturated heterocycles. The summed E-state index contributed by atoms with van der Waals surface area (Å²) >= 11 is 0. The molecule has 0 aromatic heterocycles. The number of halogens is 1. The Balaban J connectivity index is 0.00000392. The molecule has 0 amide bonds. The normalized spacial score (nSPS) is 17.7. The van der Waals surface area contributed by atoms with E-state index >= 15 is 0 Å². The number of guanidine groups is 1. The number of rotatable bonds is 8. The quantitative estimate of drug-likeness (QED) is 0.326. The third-order valence-corrected chi connectivity index (χ3v) is 6.28. The van der Waals surface area contributed by atoms with Gasteiger partial charge in [-0.25, -0.2) is 0 Å². The van der Waals surface area contributed by atoms with Gasteiger partial charge in [-0.15, -0.1) is 24.0 Å². The number of hydrogen-bond donors (Lipinski definition) is 2. The highest BCUT2D eigenvalue weighted by Crippen LogP contribution is 2.30. The van der Waals surface area contributed by atoms with Crippen molar-refractivity contribution in [2.45, 2.75) is 45.1 Å². The molecule has 5 nitrogen and oxygen atoms in total. The van der Waals surface area contributed by atoms with Crippen molar-refractivity contribution in [1.82, 2.24) is 20.4 Å². The van der Waals surface area contributed by atoms with E-state index in [9.17, 15) is 0 Å². The summed E-state index contributed by atoms with van der Waals surface area (Å²) in [6, 6.07) is 11.4. The molecule has 2 N–H and O–H groups in total. The maximum atomic E-state index is 4.45. The van der Waals surface area contributed by atoms with Gasteiger partial charge in [-0.2, -0.15) is 0 Å². The Morgan fingerprint density at radius 2 is 1.68 bits per heavy atom. The van der Waals surface area contributed by atoms with Crippen LogP contribution in [0.1, 0.15) is 39.2 Å². The van der Waals surface area contributed by atoms with Crippen LogP contribution in [0.4, 0.5) is 0 Å². The Morgan fingerprint density at radius 1 is 1.07 bits per heavy atom. The summed E-state index contributed by atoms with van der Waals surface area (Å²) in [6.45, 7) is 13.3. The molecule has 1 aromatic carbocycles. The number of nitrogens with zero attached hydrogens (tertiary/aromatic N) is 3. The minimum Gasteiger partial charge on any atom is -0.356 e. The molecule has 1 atom stereocenters. The van der Waals surface area contributed by atoms with Crippen molar-refractivity contribution in [2.24, 2.45) is 4.99 Å². The summed E-state index contributed by atoms with van der Waals surface area (Å²) in [7, 11) is 4.06. The average Bonchev–Trinajstić information content (AvgIpc) is 2.72. The van der Waals surface area contributed by atoms with Gasteiger partial charge >= 0.3 is 0 Å². The van der Waals surface area contributed by atoms with Crippen LogP contribution < -0.4 is 10.6 Å². The molecule has 1 fully saturated rings. The zero-order valence-electron chi connectivity index (χ0n) is 18.4. The number of piperazine rings is 1. The molecular formula is C22H40IN5. The number of benzene rings is 1. The van der Waals surface area contributed by atoms with Gasteiger partial charge in [0.25, 0.3) is 0 Å². The van der Waals surface area contributed by atoms with E-state index in [1.165, 1.54) is 5.56 Å². The molecule has 0 spiro atoms.